The standard InChI is InChI=1S/C17H27NO2/c1-17(2,3)16(19-4)14(18)7-5-12-6-8-15-13(11-12)9-10-20-15/h6,8,11,14,16H,5,7,9-10,18H2,1-4H3. The van der Waals surface area contributed by atoms with E-state index >= 15 is 0 Å². The van der Waals surface area contributed by atoms with E-state index in [1.165, 1.54) is 11.1 Å². The average Bonchev–Trinajstić information content (AvgIpc) is 2.82. The van der Waals surface area contributed by atoms with Crippen molar-refractivity contribution in [3.8, 4) is 5.75 Å². The number of hydrogen-bond acceptors (Lipinski definition) is 3. The number of nitrogens with two attached hydrogens (primary N) is 1. The predicted octanol–water partition coefficient (Wildman–Crippen LogP) is 2.94. The molecule has 2 N–H and O–H groups in total. The van der Waals surface area contributed by atoms with Crippen molar-refractivity contribution in [3.63, 3.8) is 0 Å². The second-order valence-corrected chi connectivity index (χ2v) is 6.77. The molecule has 0 saturated heterocycles. The van der Waals surface area contributed by atoms with Crippen molar-refractivity contribution < 1.29 is 9.47 Å². The van der Waals surface area contributed by atoms with E-state index in [1.807, 2.05) is 0 Å². The molecule has 2 unspecified atom stereocenters. The molecular weight excluding hydrogens is 250 g/mol. The third-order valence-corrected chi connectivity index (χ3v) is 4.02. The molecule has 3 heteroatoms. The minimum absolute atomic E-state index is 0.0597. The van der Waals surface area contributed by atoms with Gasteiger partial charge in [0.25, 0.3) is 0 Å². The van der Waals surface area contributed by atoms with Gasteiger partial charge in [0.2, 0.25) is 0 Å². The molecule has 0 aromatic heterocycles. The number of fused-ring (bicyclic) bond motifs is 1. The van der Waals surface area contributed by atoms with E-state index in [2.05, 4.69) is 39.0 Å². The van der Waals surface area contributed by atoms with Crippen molar-refractivity contribution in [2.24, 2.45) is 11.1 Å². The zero-order chi connectivity index (χ0) is 14.8. The summed E-state index contributed by atoms with van der Waals surface area (Å²) in [5.74, 6) is 1.04. The van der Waals surface area contributed by atoms with Crippen molar-refractivity contribution in [1.29, 1.82) is 0 Å². The monoisotopic (exact) mass is 277 g/mol. The van der Waals surface area contributed by atoms with E-state index in [0.717, 1.165) is 31.6 Å². The van der Waals surface area contributed by atoms with Gasteiger partial charge in [-0.1, -0.05) is 32.9 Å². The van der Waals surface area contributed by atoms with Crippen molar-refractivity contribution in [1.82, 2.24) is 0 Å². The number of rotatable bonds is 5. The fourth-order valence-electron chi connectivity index (χ4n) is 3.05. The lowest BCUT2D eigenvalue weighted by molar-refractivity contribution is -0.00348. The third kappa shape index (κ3) is 3.53. The molecule has 0 radical (unpaired) electrons. The van der Waals surface area contributed by atoms with Crippen LogP contribution in [-0.2, 0) is 17.6 Å². The fourth-order valence-corrected chi connectivity index (χ4v) is 3.05. The van der Waals surface area contributed by atoms with Crippen LogP contribution in [0.15, 0.2) is 18.2 Å². The molecule has 112 valence electrons. The molecule has 3 nitrogen and oxygen atoms in total. The van der Waals surface area contributed by atoms with Crippen LogP contribution < -0.4 is 10.5 Å². The number of aryl methyl sites for hydroxylation is 1. The van der Waals surface area contributed by atoms with Crippen molar-refractivity contribution in [2.45, 2.75) is 52.2 Å². The number of methoxy groups -OCH3 is 1. The first-order chi connectivity index (χ1) is 9.41. The van der Waals surface area contributed by atoms with Gasteiger partial charge in [-0.25, -0.2) is 0 Å². The van der Waals surface area contributed by atoms with Crippen LogP contribution in [0.4, 0.5) is 0 Å². The summed E-state index contributed by atoms with van der Waals surface area (Å²) in [7, 11) is 1.75. The Balaban J connectivity index is 1.94. The number of hydrogen-bond donors (Lipinski definition) is 1. The first-order valence-corrected chi connectivity index (χ1v) is 7.45. The minimum Gasteiger partial charge on any atom is -0.493 e. The Hall–Kier alpha value is -1.06. The Morgan fingerprint density at radius 1 is 1.35 bits per heavy atom. The highest BCUT2D eigenvalue weighted by Crippen LogP contribution is 2.28. The Bertz CT molecular complexity index is 451. The third-order valence-electron chi connectivity index (χ3n) is 4.02. The summed E-state index contributed by atoms with van der Waals surface area (Å²) in [6, 6.07) is 6.55. The summed E-state index contributed by atoms with van der Waals surface area (Å²) in [5, 5.41) is 0. The lowest BCUT2D eigenvalue weighted by atomic mass is 9.83. The second kappa shape index (κ2) is 6.15. The molecule has 1 aliphatic heterocycles. The van der Waals surface area contributed by atoms with Crippen molar-refractivity contribution in [2.75, 3.05) is 13.7 Å². The quantitative estimate of drug-likeness (QED) is 0.900. The molecule has 0 amide bonds. The second-order valence-electron chi connectivity index (χ2n) is 6.77. The van der Waals surface area contributed by atoms with Gasteiger partial charge in [0.15, 0.2) is 0 Å². The number of benzene rings is 1. The maximum absolute atomic E-state index is 6.33. The molecule has 1 heterocycles. The summed E-state index contributed by atoms with van der Waals surface area (Å²) >= 11 is 0. The summed E-state index contributed by atoms with van der Waals surface area (Å²) in [6.07, 6.45) is 3.04. The lowest BCUT2D eigenvalue weighted by Crippen LogP contribution is -2.44. The summed E-state index contributed by atoms with van der Waals surface area (Å²) in [4.78, 5) is 0. The smallest absolute Gasteiger partial charge is 0.122 e. The van der Waals surface area contributed by atoms with Crippen LogP contribution in [0.1, 0.15) is 38.3 Å². The topological polar surface area (TPSA) is 44.5 Å². The normalized spacial score (nSPS) is 17.4. The maximum atomic E-state index is 6.33. The molecule has 2 atom stereocenters. The van der Waals surface area contributed by atoms with Crippen LogP contribution in [0.25, 0.3) is 0 Å². The molecule has 0 bridgehead atoms. The van der Waals surface area contributed by atoms with Gasteiger partial charge >= 0.3 is 0 Å². The first-order valence-electron chi connectivity index (χ1n) is 7.45. The van der Waals surface area contributed by atoms with Crippen LogP contribution in [-0.4, -0.2) is 25.9 Å². The van der Waals surface area contributed by atoms with Crippen LogP contribution in [0.2, 0.25) is 0 Å². The zero-order valence-corrected chi connectivity index (χ0v) is 13.1. The molecule has 0 fully saturated rings. The highest BCUT2D eigenvalue weighted by molar-refractivity contribution is 5.39. The van der Waals surface area contributed by atoms with Gasteiger partial charge in [0.1, 0.15) is 5.75 Å². The molecule has 2 rings (SSSR count). The number of ether oxygens (including phenoxy) is 2. The molecule has 20 heavy (non-hydrogen) atoms. The largest absolute Gasteiger partial charge is 0.493 e. The molecular formula is C17H27NO2. The predicted molar refractivity (Wildman–Crippen MR) is 82.2 cm³/mol. The molecule has 0 aliphatic carbocycles. The van der Waals surface area contributed by atoms with E-state index in [-0.39, 0.29) is 17.6 Å². The van der Waals surface area contributed by atoms with Crippen molar-refractivity contribution in [3.05, 3.63) is 29.3 Å². The van der Waals surface area contributed by atoms with Crippen LogP contribution in [0.3, 0.4) is 0 Å². The van der Waals surface area contributed by atoms with E-state index < -0.39 is 0 Å². The van der Waals surface area contributed by atoms with E-state index in [1.54, 1.807) is 7.11 Å². The van der Waals surface area contributed by atoms with E-state index in [0.29, 0.717) is 0 Å². The maximum Gasteiger partial charge on any atom is 0.122 e. The summed E-state index contributed by atoms with van der Waals surface area (Å²) in [6.45, 7) is 7.34. The van der Waals surface area contributed by atoms with Gasteiger partial charge in [-0.15, -0.1) is 0 Å². The average molecular weight is 277 g/mol. The van der Waals surface area contributed by atoms with Crippen LogP contribution in [0.5, 0.6) is 5.75 Å². The van der Waals surface area contributed by atoms with Gasteiger partial charge in [-0.3, -0.25) is 0 Å². The van der Waals surface area contributed by atoms with Crippen LogP contribution in [0, 0.1) is 5.41 Å². The Morgan fingerprint density at radius 3 is 2.75 bits per heavy atom. The highest BCUT2D eigenvalue weighted by Gasteiger charge is 2.29. The molecule has 0 spiro atoms. The Kier molecular flexibility index (Phi) is 4.71. The van der Waals surface area contributed by atoms with Gasteiger partial charge in [-0.05, 0) is 35.4 Å². The fraction of sp³-hybridized carbons (Fsp3) is 0.647. The van der Waals surface area contributed by atoms with Gasteiger partial charge < -0.3 is 15.2 Å². The minimum atomic E-state index is 0.0597. The lowest BCUT2D eigenvalue weighted by Gasteiger charge is -2.34. The summed E-state index contributed by atoms with van der Waals surface area (Å²) in [5.41, 5.74) is 9.06. The van der Waals surface area contributed by atoms with Gasteiger partial charge in [-0.2, -0.15) is 0 Å². The molecule has 1 aromatic carbocycles. The first kappa shape index (κ1) is 15.3. The molecule has 1 aromatic rings. The highest BCUT2D eigenvalue weighted by atomic mass is 16.5. The summed E-state index contributed by atoms with van der Waals surface area (Å²) < 4.78 is 11.1. The van der Waals surface area contributed by atoms with Crippen molar-refractivity contribution >= 4 is 0 Å². The Labute approximate surface area is 122 Å². The Morgan fingerprint density at radius 2 is 2.10 bits per heavy atom. The van der Waals surface area contributed by atoms with E-state index in [4.69, 9.17) is 15.2 Å². The van der Waals surface area contributed by atoms with Gasteiger partial charge in [0.05, 0.1) is 12.7 Å². The molecule has 0 saturated carbocycles. The van der Waals surface area contributed by atoms with E-state index in [9.17, 15) is 0 Å². The SMILES string of the molecule is COC(C(N)CCc1ccc2c(c1)CCO2)C(C)(C)C. The van der Waals surface area contributed by atoms with Crippen LogP contribution >= 0.6 is 0 Å². The van der Waals surface area contributed by atoms with Gasteiger partial charge in [0, 0.05) is 19.6 Å². The zero-order valence-electron chi connectivity index (χ0n) is 13.1. The molecule has 1 aliphatic rings.